The molecule has 0 bridgehead atoms. The lowest BCUT2D eigenvalue weighted by atomic mass is 10.2. The van der Waals surface area contributed by atoms with Crippen LogP contribution in [0.1, 0.15) is 10.4 Å². The van der Waals surface area contributed by atoms with Gasteiger partial charge in [-0.25, -0.2) is 14.8 Å². The molecule has 1 aromatic carbocycles. The van der Waals surface area contributed by atoms with Crippen molar-refractivity contribution in [2.24, 2.45) is 0 Å². The number of rotatable bonds is 3. The number of carboxylic acid groups (broad SMARTS) is 1. The van der Waals surface area contributed by atoms with Crippen LogP contribution in [0.5, 0.6) is 0 Å². The van der Waals surface area contributed by atoms with E-state index < -0.39 is 5.97 Å². The van der Waals surface area contributed by atoms with Gasteiger partial charge in [-0.15, -0.1) is 0 Å². The number of carbonyl (C=O) groups is 1. The Morgan fingerprint density at radius 3 is 2.61 bits per heavy atom. The Morgan fingerprint density at radius 1 is 1.22 bits per heavy atom. The molecule has 2 aromatic rings. The van der Waals surface area contributed by atoms with Gasteiger partial charge in [-0.05, 0) is 23.7 Å². The summed E-state index contributed by atoms with van der Waals surface area (Å²) in [5, 5.41) is 12.0. The highest BCUT2D eigenvalue weighted by Gasteiger charge is 2.10. The molecule has 5 nitrogen and oxygen atoms in total. The van der Waals surface area contributed by atoms with Crippen molar-refractivity contribution >= 4 is 40.7 Å². The smallest absolute Gasteiger partial charge is 0.337 e. The van der Waals surface area contributed by atoms with Gasteiger partial charge < -0.3 is 10.4 Å². The Balaban J connectivity index is 2.37. The standard InChI is InChI=1S/C11H7Cl2N3O2/c12-8-5-9(16-11(13)15-8)14-7-4-2-1-3-6(7)10(17)18/h1-5H,(H,17,18)(H,14,15,16). The minimum Gasteiger partial charge on any atom is -0.478 e. The van der Waals surface area contributed by atoms with Crippen molar-refractivity contribution < 1.29 is 9.90 Å². The zero-order chi connectivity index (χ0) is 13.1. The van der Waals surface area contributed by atoms with Crippen molar-refractivity contribution in [1.82, 2.24) is 9.97 Å². The number of hydrogen-bond acceptors (Lipinski definition) is 4. The minimum atomic E-state index is -1.04. The topological polar surface area (TPSA) is 75.1 Å². The van der Waals surface area contributed by atoms with Gasteiger partial charge in [0, 0.05) is 6.07 Å². The number of benzene rings is 1. The molecule has 0 fully saturated rings. The maximum atomic E-state index is 11.0. The van der Waals surface area contributed by atoms with Gasteiger partial charge in [0.25, 0.3) is 0 Å². The largest absolute Gasteiger partial charge is 0.478 e. The SMILES string of the molecule is O=C(O)c1ccccc1Nc1cc(Cl)nc(Cl)n1. The molecule has 2 rings (SSSR count). The quantitative estimate of drug-likeness (QED) is 0.668. The number of aromatic nitrogens is 2. The Bertz CT molecular complexity index is 584. The first kappa shape index (κ1) is 12.6. The van der Waals surface area contributed by atoms with Crippen LogP contribution in [0, 0.1) is 0 Å². The van der Waals surface area contributed by atoms with Crippen LogP contribution < -0.4 is 5.32 Å². The molecular weight excluding hydrogens is 277 g/mol. The molecule has 0 radical (unpaired) electrons. The zero-order valence-corrected chi connectivity index (χ0v) is 10.4. The summed E-state index contributed by atoms with van der Waals surface area (Å²) >= 11 is 11.4. The Kier molecular flexibility index (Phi) is 3.64. The molecule has 1 heterocycles. The lowest BCUT2D eigenvalue weighted by Gasteiger charge is -2.08. The van der Waals surface area contributed by atoms with Crippen LogP contribution in [0.25, 0.3) is 0 Å². The van der Waals surface area contributed by atoms with Crippen LogP contribution in [0.3, 0.4) is 0 Å². The maximum Gasteiger partial charge on any atom is 0.337 e. The molecule has 1 aromatic heterocycles. The second-order valence-corrected chi connectivity index (χ2v) is 4.05. The van der Waals surface area contributed by atoms with E-state index in [1.807, 2.05) is 0 Å². The molecule has 18 heavy (non-hydrogen) atoms. The van der Waals surface area contributed by atoms with Crippen LogP contribution in [-0.4, -0.2) is 21.0 Å². The van der Waals surface area contributed by atoms with Crippen LogP contribution in [0.4, 0.5) is 11.5 Å². The summed E-state index contributed by atoms with van der Waals surface area (Å²) in [4.78, 5) is 18.6. The Hall–Kier alpha value is -1.85. The second-order valence-electron chi connectivity index (χ2n) is 3.32. The highest BCUT2D eigenvalue weighted by molar-refractivity contribution is 6.32. The van der Waals surface area contributed by atoms with E-state index in [0.29, 0.717) is 11.5 Å². The van der Waals surface area contributed by atoms with Gasteiger partial charge in [-0.3, -0.25) is 0 Å². The number of para-hydroxylation sites is 1. The van der Waals surface area contributed by atoms with E-state index in [2.05, 4.69) is 15.3 Å². The van der Waals surface area contributed by atoms with Crippen LogP contribution >= 0.6 is 23.2 Å². The predicted molar refractivity (Wildman–Crippen MR) is 68.7 cm³/mol. The zero-order valence-electron chi connectivity index (χ0n) is 8.89. The van der Waals surface area contributed by atoms with E-state index in [1.54, 1.807) is 18.2 Å². The average Bonchev–Trinajstić information content (AvgIpc) is 2.27. The molecule has 0 aliphatic rings. The Morgan fingerprint density at radius 2 is 1.94 bits per heavy atom. The molecule has 7 heteroatoms. The lowest BCUT2D eigenvalue weighted by molar-refractivity contribution is 0.0698. The van der Waals surface area contributed by atoms with Crippen molar-refractivity contribution in [3.05, 3.63) is 46.3 Å². The summed E-state index contributed by atoms with van der Waals surface area (Å²) in [5.74, 6) is -0.710. The third-order valence-corrected chi connectivity index (χ3v) is 2.45. The maximum absolute atomic E-state index is 11.0. The summed E-state index contributed by atoms with van der Waals surface area (Å²) in [6.07, 6.45) is 0. The van der Waals surface area contributed by atoms with E-state index in [0.717, 1.165) is 0 Å². The van der Waals surface area contributed by atoms with Gasteiger partial charge in [0.15, 0.2) is 0 Å². The normalized spacial score (nSPS) is 10.1. The number of anilines is 2. The summed E-state index contributed by atoms with van der Waals surface area (Å²) in [5.41, 5.74) is 0.527. The summed E-state index contributed by atoms with van der Waals surface area (Å²) in [6.45, 7) is 0. The van der Waals surface area contributed by atoms with Gasteiger partial charge in [-0.1, -0.05) is 23.7 Å². The van der Waals surface area contributed by atoms with Gasteiger partial charge in [0.05, 0.1) is 11.3 Å². The molecule has 0 saturated heterocycles. The first-order valence-corrected chi connectivity index (χ1v) is 5.61. The van der Waals surface area contributed by atoms with Crippen LogP contribution in [0.2, 0.25) is 10.4 Å². The average molecular weight is 284 g/mol. The van der Waals surface area contributed by atoms with E-state index in [1.165, 1.54) is 12.1 Å². The highest BCUT2D eigenvalue weighted by atomic mass is 35.5. The third-order valence-electron chi connectivity index (χ3n) is 2.09. The van der Waals surface area contributed by atoms with Crippen molar-refractivity contribution in [1.29, 1.82) is 0 Å². The van der Waals surface area contributed by atoms with Crippen molar-refractivity contribution in [2.45, 2.75) is 0 Å². The molecule has 0 aliphatic heterocycles. The molecule has 0 spiro atoms. The molecule has 0 amide bonds. The van der Waals surface area contributed by atoms with Crippen molar-refractivity contribution in [2.75, 3.05) is 5.32 Å². The molecule has 0 unspecified atom stereocenters. The van der Waals surface area contributed by atoms with Crippen molar-refractivity contribution in [3.8, 4) is 0 Å². The first-order chi connectivity index (χ1) is 8.56. The number of nitrogens with one attached hydrogen (secondary N) is 1. The Labute approximate surface area is 112 Å². The number of aromatic carboxylic acids is 1. The van der Waals surface area contributed by atoms with E-state index in [4.69, 9.17) is 28.3 Å². The fourth-order valence-corrected chi connectivity index (χ4v) is 1.78. The third kappa shape index (κ3) is 2.88. The molecule has 0 saturated carbocycles. The highest BCUT2D eigenvalue weighted by Crippen LogP contribution is 2.22. The minimum absolute atomic E-state index is 0.0159. The van der Waals surface area contributed by atoms with Gasteiger partial charge in [0.2, 0.25) is 5.28 Å². The molecule has 0 aliphatic carbocycles. The van der Waals surface area contributed by atoms with Crippen LogP contribution in [0.15, 0.2) is 30.3 Å². The van der Waals surface area contributed by atoms with E-state index >= 15 is 0 Å². The summed E-state index contributed by atoms with van der Waals surface area (Å²) < 4.78 is 0. The monoisotopic (exact) mass is 283 g/mol. The van der Waals surface area contributed by atoms with E-state index in [9.17, 15) is 4.79 Å². The van der Waals surface area contributed by atoms with Gasteiger partial charge in [0.1, 0.15) is 11.0 Å². The van der Waals surface area contributed by atoms with Crippen LogP contribution in [-0.2, 0) is 0 Å². The lowest BCUT2D eigenvalue weighted by Crippen LogP contribution is -2.03. The number of nitrogens with zero attached hydrogens (tertiary/aromatic N) is 2. The van der Waals surface area contributed by atoms with E-state index in [-0.39, 0.29) is 16.0 Å². The molecular formula is C11H7Cl2N3O2. The van der Waals surface area contributed by atoms with Crippen molar-refractivity contribution in [3.63, 3.8) is 0 Å². The van der Waals surface area contributed by atoms with Gasteiger partial charge >= 0.3 is 5.97 Å². The molecule has 2 N–H and O–H groups in total. The first-order valence-electron chi connectivity index (χ1n) is 4.85. The fraction of sp³-hybridized carbons (Fsp3) is 0. The summed E-state index contributed by atoms with van der Waals surface area (Å²) in [7, 11) is 0. The van der Waals surface area contributed by atoms with Gasteiger partial charge in [-0.2, -0.15) is 0 Å². The fourth-order valence-electron chi connectivity index (χ4n) is 1.37. The number of carboxylic acids is 1. The summed E-state index contributed by atoms with van der Waals surface area (Å²) in [6, 6.07) is 7.89. The number of halogens is 2. The molecule has 0 atom stereocenters. The number of hydrogen-bond donors (Lipinski definition) is 2. The second kappa shape index (κ2) is 5.20. The predicted octanol–water partition coefficient (Wildman–Crippen LogP) is 3.23. The molecule has 92 valence electrons.